The van der Waals surface area contributed by atoms with Crippen LogP contribution in [0.3, 0.4) is 0 Å². The zero-order chi connectivity index (χ0) is 21.3. The van der Waals surface area contributed by atoms with Crippen molar-refractivity contribution in [3.63, 3.8) is 0 Å². The van der Waals surface area contributed by atoms with Crippen LogP contribution < -0.4 is 5.32 Å². The SMILES string of the molecule is N#Cc1c(NC(=O)C2CCCN(S(=O)(=O)c3ccc(Cl)cc3)C2)sc2c1CCCC2. The Bertz CT molecular complexity index is 1100. The highest BCUT2D eigenvalue weighted by Gasteiger charge is 2.34. The average molecular weight is 464 g/mol. The van der Waals surface area contributed by atoms with Gasteiger partial charge in [0.1, 0.15) is 11.1 Å². The standard InChI is InChI=1S/C21H22ClN3O3S2/c22-15-7-9-16(10-8-15)30(27,28)25-11-3-4-14(13-25)20(26)24-21-18(12-23)17-5-1-2-6-19(17)29-21/h7-10,14H,1-6,11,13H2,(H,24,26). The highest BCUT2D eigenvalue weighted by atomic mass is 35.5. The quantitative estimate of drug-likeness (QED) is 0.735. The van der Waals surface area contributed by atoms with Crippen molar-refractivity contribution in [3.8, 4) is 6.07 Å². The van der Waals surface area contributed by atoms with Gasteiger partial charge in [0.25, 0.3) is 0 Å². The molecule has 2 aromatic rings. The number of hydrogen-bond donors (Lipinski definition) is 1. The normalized spacial score (nSPS) is 19.7. The second-order valence-corrected chi connectivity index (χ2v) is 11.2. The molecule has 0 radical (unpaired) electrons. The van der Waals surface area contributed by atoms with Crippen molar-refractivity contribution >= 4 is 43.9 Å². The highest BCUT2D eigenvalue weighted by Crippen LogP contribution is 2.38. The van der Waals surface area contributed by atoms with E-state index < -0.39 is 15.9 Å². The number of thiophene rings is 1. The first-order valence-electron chi connectivity index (χ1n) is 10.0. The molecule has 30 heavy (non-hydrogen) atoms. The van der Waals surface area contributed by atoms with Crippen molar-refractivity contribution in [2.45, 2.75) is 43.4 Å². The molecule has 0 spiro atoms. The Labute approximate surface area is 185 Å². The summed E-state index contributed by atoms with van der Waals surface area (Å²) in [5, 5.41) is 13.6. The Morgan fingerprint density at radius 2 is 1.93 bits per heavy atom. The summed E-state index contributed by atoms with van der Waals surface area (Å²) in [5.74, 6) is -0.674. The highest BCUT2D eigenvalue weighted by molar-refractivity contribution is 7.89. The Balaban J connectivity index is 1.50. The van der Waals surface area contributed by atoms with Gasteiger partial charge in [-0.15, -0.1) is 11.3 Å². The second kappa shape index (κ2) is 8.67. The number of rotatable bonds is 4. The zero-order valence-electron chi connectivity index (χ0n) is 16.4. The zero-order valence-corrected chi connectivity index (χ0v) is 18.7. The molecule has 1 amide bonds. The summed E-state index contributed by atoms with van der Waals surface area (Å²) in [4.78, 5) is 14.3. The van der Waals surface area contributed by atoms with Crippen LogP contribution in [0, 0.1) is 17.2 Å². The van der Waals surface area contributed by atoms with E-state index in [1.54, 1.807) is 12.1 Å². The van der Waals surface area contributed by atoms with Crippen molar-refractivity contribution < 1.29 is 13.2 Å². The smallest absolute Gasteiger partial charge is 0.243 e. The lowest BCUT2D eigenvalue weighted by Crippen LogP contribution is -2.43. The molecule has 0 bridgehead atoms. The fourth-order valence-corrected chi connectivity index (χ4v) is 7.01. The summed E-state index contributed by atoms with van der Waals surface area (Å²) in [6.07, 6.45) is 5.21. The first kappa shape index (κ1) is 21.3. The lowest BCUT2D eigenvalue weighted by molar-refractivity contribution is -0.120. The number of sulfonamides is 1. The largest absolute Gasteiger partial charge is 0.316 e. The van der Waals surface area contributed by atoms with Gasteiger partial charge in [0.2, 0.25) is 15.9 Å². The van der Waals surface area contributed by atoms with E-state index in [4.69, 9.17) is 11.6 Å². The molecule has 2 aliphatic rings. The summed E-state index contributed by atoms with van der Waals surface area (Å²) < 4.78 is 27.3. The van der Waals surface area contributed by atoms with Gasteiger partial charge in [-0.05, 0) is 68.4 Å². The fourth-order valence-electron chi connectivity index (χ4n) is 4.12. The number of nitrogens with one attached hydrogen (secondary N) is 1. The summed E-state index contributed by atoms with van der Waals surface area (Å²) in [6.45, 7) is 0.509. The molecule has 1 N–H and O–H groups in total. The monoisotopic (exact) mass is 463 g/mol. The molecular formula is C21H22ClN3O3S2. The van der Waals surface area contributed by atoms with Gasteiger partial charge in [0.15, 0.2) is 0 Å². The molecule has 1 aliphatic heterocycles. The number of nitrogens with zero attached hydrogens (tertiary/aromatic N) is 2. The fraction of sp³-hybridized carbons (Fsp3) is 0.429. The van der Waals surface area contributed by atoms with Crippen LogP contribution in [0.4, 0.5) is 5.00 Å². The van der Waals surface area contributed by atoms with E-state index in [0.29, 0.717) is 35.0 Å². The number of hydrogen-bond acceptors (Lipinski definition) is 5. The third-order valence-electron chi connectivity index (χ3n) is 5.73. The van der Waals surface area contributed by atoms with E-state index in [0.717, 1.165) is 31.2 Å². The molecule has 1 fully saturated rings. The molecule has 1 aromatic heterocycles. The number of fused-ring (bicyclic) bond motifs is 1. The predicted molar refractivity (Wildman–Crippen MR) is 117 cm³/mol. The number of anilines is 1. The maximum atomic E-state index is 13.0. The van der Waals surface area contributed by atoms with Crippen LogP contribution >= 0.6 is 22.9 Å². The maximum Gasteiger partial charge on any atom is 0.243 e. The minimum absolute atomic E-state index is 0.129. The number of aryl methyl sites for hydroxylation is 1. The number of carbonyl (C=O) groups excluding carboxylic acids is 1. The van der Waals surface area contributed by atoms with Crippen LogP contribution in [-0.4, -0.2) is 31.7 Å². The summed E-state index contributed by atoms with van der Waals surface area (Å²) >= 11 is 7.35. The van der Waals surface area contributed by atoms with Gasteiger partial charge in [-0.2, -0.15) is 9.57 Å². The Morgan fingerprint density at radius 3 is 2.67 bits per heavy atom. The Kier molecular flexibility index (Phi) is 6.16. The van der Waals surface area contributed by atoms with Crippen molar-refractivity contribution in [3.05, 3.63) is 45.3 Å². The number of amides is 1. The van der Waals surface area contributed by atoms with Crippen LogP contribution in [0.2, 0.25) is 5.02 Å². The van der Waals surface area contributed by atoms with Crippen molar-refractivity contribution in [2.24, 2.45) is 5.92 Å². The van der Waals surface area contributed by atoms with Gasteiger partial charge < -0.3 is 5.32 Å². The van der Waals surface area contributed by atoms with E-state index in [-0.39, 0.29) is 17.3 Å². The predicted octanol–water partition coefficient (Wildman–Crippen LogP) is 4.19. The molecule has 1 atom stereocenters. The lowest BCUT2D eigenvalue weighted by Gasteiger charge is -2.31. The van der Waals surface area contributed by atoms with E-state index in [2.05, 4.69) is 11.4 Å². The second-order valence-electron chi connectivity index (χ2n) is 7.67. The van der Waals surface area contributed by atoms with Gasteiger partial charge in [-0.1, -0.05) is 11.6 Å². The Morgan fingerprint density at radius 1 is 1.20 bits per heavy atom. The molecule has 1 aromatic carbocycles. The van der Waals surface area contributed by atoms with E-state index in [9.17, 15) is 18.5 Å². The summed E-state index contributed by atoms with van der Waals surface area (Å²) in [6, 6.07) is 8.31. The summed E-state index contributed by atoms with van der Waals surface area (Å²) in [5.41, 5.74) is 1.64. The van der Waals surface area contributed by atoms with Crippen LogP contribution in [0.5, 0.6) is 0 Å². The van der Waals surface area contributed by atoms with Crippen molar-refractivity contribution in [1.29, 1.82) is 5.26 Å². The molecule has 1 saturated heterocycles. The molecule has 2 heterocycles. The molecule has 1 unspecified atom stereocenters. The van der Waals surface area contributed by atoms with Gasteiger partial charge in [-0.25, -0.2) is 8.42 Å². The summed E-state index contributed by atoms with van der Waals surface area (Å²) in [7, 11) is -3.69. The van der Waals surface area contributed by atoms with Crippen LogP contribution in [0.25, 0.3) is 0 Å². The van der Waals surface area contributed by atoms with Crippen molar-refractivity contribution in [1.82, 2.24) is 4.31 Å². The van der Waals surface area contributed by atoms with E-state index in [1.165, 1.54) is 32.7 Å². The van der Waals surface area contributed by atoms with Gasteiger partial charge >= 0.3 is 0 Å². The van der Waals surface area contributed by atoms with Crippen LogP contribution in [0.15, 0.2) is 29.2 Å². The van der Waals surface area contributed by atoms with Crippen molar-refractivity contribution in [2.75, 3.05) is 18.4 Å². The number of halogens is 1. The minimum atomic E-state index is -3.69. The van der Waals surface area contributed by atoms with Gasteiger partial charge in [-0.3, -0.25) is 4.79 Å². The van der Waals surface area contributed by atoms with E-state index in [1.807, 2.05) is 0 Å². The Hall–Kier alpha value is -1.92. The molecule has 9 heteroatoms. The number of piperidine rings is 1. The molecule has 158 valence electrons. The lowest BCUT2D eigenvalue weighted by atomic mass is 9.96. The van der Waals surface area contributed by atoms with E-state index >= 15 is 0 Å². The van der Waals surface area contributed by atoms with Crippen LogP contribution in [0.1, 0.15) is 41.7 Å². The van der Waals surface area contributed by atoms with Gasteiger partial charge in [0, 0.05) is 23.0 Å². The number of carbonyl (C=O) groups is 1. The molecular weight excluding hydrogens is 442 g/mol. The third kappa shape index (κ3) is 4.12. The molecule has 4 rings (SSSR count). The molecule has 1 aliphatic carbocycles. The van der Waals surface area contributed by atoms with Crippen LogP contribution in [-0.2, 0) is 27.7 Å². The minimum Gasteiger partial charge on any atom is -0.316 e. The number of benzene rings is 1. The number of nitriles is 1. The maximum absolute atomic E-state index is 13.0. The first-order chi connectivity index (χ1) is 14.4. The first-order valence-corrected chi connectivity index (χ1v) is 12.6. The molecule has 6 nitrogen and oxygen atoms in total. The molecule has 0 saturated carbocycles. The average Bonchev–Trinajstić information content (AvgIpc) is 3.11. The third-order valence-corrected chi connectivity index (χ3v) is 9.06. The topological polar surface area (TPSA) is 90.3 Å². The van der Waals surface area contributed by atoms with Gasteiger partial charge in [0.05, 0.1) is 16.4 Å².